The van der Waals surface area contributed by atoms with Gasteiger partial charge < -0.3 is 0 Å². The predicted octanol–water partition coefficient (Wildman–Crippen LogP) is 1.40. The molecule has 0 heterocycles. The molecule has 0 amide bonds. The smallest absolute Gasteiger partial charge is 0.214 e. The van der Waals surface area contributed by atoms with Crippen LogP contribution in [-0.2, 0) is 10.0 Å². The van der Waals surface area contributed by atoms with Crippen molar-refractivity contribution in [3.05, 3.63) is 0 Å². The molecule has 1 N–H and O–H groups in total. The van der Waals surface area contributed by atoms with Gasteiger partial charge in [0.15, 0.2) is 5.25 Å². The monoisotopic (exact) mass is 230 g/mol. The molecule has 0 aromatic carbocycles. The molecular weight excluding hydrogens is 212 g/mol. The summed E-state index contributed by atoms with van der Waals surface area (Å²) in [6, 6.07) is 1.74. The van der Waals surface area contributed by atoms with Crippen molar-refractivity contribution in [3.63, 3.8) is 0 Å². The van der Waals surface area contributed by atoms with Gasteiger partial charge in [-0.1, -0.05) is 13.3 Å². The first-order valence-electron chi connectivity index (χ1n) is 5.34. The molecule has 0 aromatic heterocycles. The molecule has 0 aliphatic heterocycles. The molecule has 0 radical (unpaired) electrons. The first-order valence-corrected chi connectivity index (χ1v) is 6.88. The SMILES string of the molecule is CCCC1(CNS(=O)(=O)C(C)C#N)CC1. The van der Waals surface area contributed by atoms with E-state index in [0.29, 0.717) is 6.54 Å². The Balaban J connectivity index is 2.47. The van der Waals surface area contributed by atoms with Gasteiger partial charge in [-0.2, -0.15) is 5.26 Å². The van der Waals surface area contributed by atoms with Gasteiger partial charge in [-0.3, -0.25) is 0 Å². The average molecular weight is 230 g/mol. The maximum atomic E-state index is 11.5. The van der Waals surface area contributed by atoms with Crippen LogP contribution < -0.4 is 4.72 Å². The molecule has 86 valence electrons. The highest BCUT2D eigenvalue weighted by molar-refractivity contribution is 7.90. The zero-order chi connectivity index (χ0) is 11.5. The molecule has 1 aliphatic carbocycles. The third-order valence-corrected chi connectivity index (χ3v) is 4.62. The van der Waals surface area contributed by atoms with E-state index in [9.17, 15) is 8.42 Å². The minimum atomic E-state index is -3.43. The quantitative estimate of drug-likeness (QED) is 0.749. The Bertz CT molecular complexity index is 352. The molecular formula is C10H18N2O2S. The van der Waals surface area contributed by atoms with Crippen LogP contribution in [0.4, 0.5) is 0 Å². The van der Waals surface area contributed by atoms with Crippen molar-refractivity contribution < 1.29 is 8.42 Å². The van der Waals surface area contributed by atoms with Crippen LogP contribution >= 0.6 is 0 Å². The second kappa shape index (κ2) is 4.50. The summed E-state index contributed by atoms with van der Waals surface area (Å²) in [4.78, 5) is 0. The second-order valence-corrected chi connectivity index (χ2v) is 6.47. The lowest BCUT2D eigenvalue weighted by atomic mass is 10.0. The molecule has 1 unspecified atom stereocenters. The fourth-order valence-corrected chi connectivity index (χ4v) is 2.57. The first-order chi connectivity index (χ1) is 6.96. The molecule has 1 saturated carbocycles. The van der Waals surface area contributed by atoms with Gasteiger partial charge in [0.25, 0.3) is 0 Å². The van der Waals surface area contributed by atoms with E-state index in [1.54, 1.807) is 6.07 Å². The molecule has 5 heteroatoms. The lowest BCUT2D eigenvalue weighted by Crippen LogP contribution is -2.35. The van der Waals surface area contributed by atoms with E-state index in [1.807, 2.05) is 0 Å². The van der Waals surface area contributed by atoms with Gasteiger partial charge in [0, 0.05) is 6.54 Å². The van der Waals surface area contributed by atoms with Gasteiger partial charge >= 0.3 is 0 Å². The minimum Gasteiger partial charge on any atom is -0.214 e. The van der Waals surface area contributed by atoms with E-state index in [4.69, 9.17) is 5.26 Å². The van der Waals surface area contributed by atoms with E-state index in [1.165, 1.54) is 6.92 Å². The van der Waals surface area contributed by atoms with Crippen molar-refractivity contribution in [1.29, 1.82) is 5.26 Å². The second-order valence-electron chi connectivity index (χ2n) is 4.39. The summed E-state index contributed by atoms with van der Waals surface area (Å²) in [7, 11) is -3.43. The van der Waals surface area contributed by atoms with Gasteiger partial charge in [-0.25, -0.2) is 13.1 Å². The van der Waals surface area contributed by atoms with Crippen molar-refractivity contribution in [1.82, 2.24) is 4.72 Å². The molecule has 0 aromatic rings. The van der Waals surface area contributed by atoms with E-state index in [0.717, 1.165) is 25.7 Å². The molecule has 0 saturated heterocycles. The Labute approximate surface area is 91.7 Å². The fraction of sp³-hybridized carbons (Fsp3) is 0.900. The van der Waals surface area contributed by atoms with E-state index < -0.39 is 15.3 Å². The Kier molecular flexibility index (Phi) is 3.74. The highest BCUT2D eigenvalue weighted by Gasteiger charge is 2.42. The summed E-state index contributed by atoms with van der Waals surface area (Å²) in [5.41, 5.74) is 0.191. The molecule has 1 aliphatic rings. The summed E-state index contributed by atoms with van der Waals surface area (Å²) in [6.45, 7) is 4.00. The lowest BCUT2D eigenvalue weighted by molar-refractivity contribution is 0.449. The van der Waals surface area contributed by atoms with Gasteiger partial charge in [0.2, 0.25) is 10.0 Å². The summed E-state index contributed by atoms with van der Waals surface area (Å²) < 4.78 is 25.6. The first kappa shape index (κ1) is 12.5. The van der Waals surface area contributed by atoms with E-state index >= 15 is 0 Å². The van der Waals surface area contributed by atoms with Crippen LogP contribution in [0, 0.1) is 16.7 Å². The van der Waals surface area contributed by atoms with Crippen molar-refractivity contribution in [3.8, 4) is 6.07 Å². The van der Waals surface area contributed by atoms with Crippen molar-refractivity contribution >= 4 is 10.0 Å². The Morgan fingerprint density at radius 3 is 2.53 bits per heavy atom. The normalized spacial score (nSPS) is 20.6. The highest BCUT2D eigenvalue weighted by Crippen LogP contribution is 2.49. The number of hydrogen-bond donors (Lipinski definition) is 1. The summed E-state index contributed by atoms with van der Waals surface area (Å²) in [5, 5.41) is 7.59. The molecule has 0 bridgehead atoms. The highest BCUT2D eigenvalue weighted by atomic mass is 32.2. The maximum Gasteiger partial charge on any atom is 0.227 e. The minimum absolute atomic E-state index is 0.191. The zero-order valence-electron chi connectivity index (χ0n) is 9.28. The molecule has 15 heavy (non-hydrogen) atoms. The topological polar surface area (TPSA) is 70.0 Å². The number of nitriles is 1. The molecule has 0 spiro atoms. The Hall–Kier alpha value is -0.600. The van der Waals surface area contributed by atoms with Crippen LogP contribution in [0.15, 0.2) is 0 Å². The van der Waals surface area contributed by atoms with Gasteiger partial charge in [-0.15, -0.1) is 0 Å². The van der Waals surface area contributed by atoms with Crippen LogP contribution in [0.1, 0.15) is 39.5 Å². The van der Waals surface area contributed by atoms with Gasteiger partial charge in [0.1, 0.15) is 0 Å². The number of nitrogens with zero attached hydrogens (tertiary/aromatic N) is 1. The molecule has 1 rings (SSSR count). The fourth-order valence-electron chi connectivity index (χ4n) is 1.67. The van der Waals surface area contributed by atoms with Crippen molar-refractivity contribution in [2.45, 2.75) is 44.8 Å². The molecule has 4 nitrogen and oxygen atoms in total. The van der Waals surface area contributed by atoms with Crippen LogP contribution in [0.25, 0.3) is 0 Å². The largest absolute Gasteiger partial charge is 0.227 e. The summed E-state index contributed by atoms with van der Waals surface area (Å²) in [5.74, 6) is 0. The molecule has 1 fully saturated rings. The van der Waals surface area contributed by atoms with Crippen molar-refractivity contribution in [2.75, 3.05) is 6.54 Å². The summed E-state index contributed by atoms with van der Waals surface area (Å²) >= 11 is 0. The van der Waals surface area contributed by atoms with Crippen LogP contribution in [0.5, 0.6) is 0 Å². The Morgan fingerprint density at radius 1 is 1.53 bits per heavy atom. The standard InChI is InChI=1S/C10H18N2O2S/c1-3-4-10(5-6-10)8-12-15(13,14)9(2)7-11/h9,12H,3-6,8H2,1-2H3. The van der Waals surface area contributed by atoms with Gasteiger partial charge in [0.05, 0.1) is 6.07 Å². The number of hydrogen-bond acceptors (Lipinski definition) is 3. The number of rotatable bonds is 6. The van der Waals surface area contributed by atoms with Gasteiger partial charge in [-0.05, 0) is 31.6 Å². The van der Waals surface area contributed by atoms with Crippen LogP contribution in [0.3, 0.4) is 0 Å². The lowest BCUT2D eigenvalue weighted by Gasteiger charge is -2.15. The molecule has 1 atom stereocenters. The Morgan fingerprint density at radius 2 is 2.13 bits per heavy atom. The van der Waals surface area contributed by atoms with E-state index in [2.05, 4.69) is 11.6 Å². The summed E-state index contributed by atoms with van der Waals surface area (Å²) in [6.07, 6.45) is 4.35. The number of sulfonamides is 1. The van der Waals surface area contributed by atoms with E-state index in [-0.39, 0.29) is 5.41 Å². The van der Waals surface area contributed by atoms with Crippen LogP contribution in [0.2, 0.25) is 0 Å². The number of nitrogens with one attached hydrogen (secondary N) is 1. The van der Waals surface area contributed by atoms with Crippen molar-refractivity contribution in [2.24, 2.45) is 5.41 Å². The third-order valence-electron chi connectivity index (χ3n) is 3.03. The zero-order valence-corrected chi connectivity index (χ0v) is 10.1. The van der Waals surface area contributed by atoms with Crippen LogP contribution in [-0.4, -0.2) is 20.2 Å². The maximum absolute atomic E-state index is 11.5. The third kappa shape index (κ3) is 3.18. The average Bonchev–Trinajstić information content (AvgIpc) is 2.95. The predicted molar refractivity (Wildman–Crippen MR) is 58.6 cm³/mol.